The Morgan fingerprint density at radius 2 is 1.47 bits per heavy atom. The first-order chi connectivity index (χ1) is 14.6. The first kappa shape index (κ1) is 23.9. The second-order valence-electron chi connectivity index (χ2n) is 8.27. The monoisotopic (exact) mass is 407 g/mol. The Morgan fingerprint density at radius 3 is 2.13 bits per heavy atom. The summed E-state index contributed by atoms with van der Waals surface area (Å²) in [5, 5.41) is 2.92. The second kappa shape index (κ2) is 13.7. The quantitative estimate of drug-likeness (QED) is 0.388. The predicted molar refractivity (Wildman–Crippen MR) is 125 cm³/mol. The van der Waals surface area contributed by atoms with Crippen LogP contribution in [0.5, 0.6) is 0 Å². The maximum atomic E-state index is 12.1. The normalized spacial score (nSPS) is 11.8. The van der Waals surface area contributed by atoms with E-state index < -0.39 is 0 Å². The number of hydrogen-bond acceptors (Lipinski definition) is 2. The van der Waals surface area contributed by atoms with Gasteiger partial charge in [0, 0.05) is 6.42 Å². The molecule has 2 aromatic carbocycles. The summed E-state index contributed by atoms with van der Waals surface area (Å²) in [5.41, 5.74) is 4.02. The van der Waals surface area contributed by atoms with Gasteiger partial charge in [-0.15, -0.1) is 0 Å². The van der Waals surface area contributed by atoms with Crippen molar-refractivity contribution in [1.29, 1.82) is 0 Å². The van der Waals surface area contributed by atoms with Crippen LogP contribution >= 0.6 is 0 Å². The van der Waals surface area contributed by atoms with Gasteiger partial charge in [-0.3, -0.25) is 9.59 Å². The predicted octanol–water partition coefficient (Wildman–Crippen LogP) is 6.03. The Morgan fingerprint density at radius 1 is 0.800 bits per heavy atom. The van der Waals surface area contributed by atoms with E-state index in [9.17, 15) is 9.59 Å². The van der Waals surface area contributed by atoms with Gasteiger partial charge in [0.05, 0.1) is 6.04 Å². The van der Waals surface area contributed by atoms with Crippen LogP contribution in [0, 0.1) is 0 Å². The Labute approximate surface area is 182 Å². The van der Waals surface area contributed by atoms with Gasteiger partial charge in [0.25, 0.3) is 0 Å². The highest BCUT2D eigenvalue weighted by Gasteiger charge is 2.16. The Kier molecular flexibility index (Phi) is 10.9. The highest BCUT2D eigenvalue weighted by molar-refractivity contribution is 5.87. The summed E-state index contributed by atoms with van der Waals surface area (Å²) in [6, 6.07) is 19.1. The van der Waals surface area contributed by atoms with E-state index in [1.807, 2.05) is 6.07 Å². The Hall–Kier alpha value is -2.42. The Bertz CT molecular complexity index is 752. The van der Waals surface area contributed by atoms with E-state index in [1.54, 1.807) is 6.92 Å². The van der Waals surface area contributed by atoms with Gasteiger partial charge < -0.3 is 5.32 Å². The van der Waals surface area contributed by atoms with Gasteiger partial charge in [0.2, 0.25) is 5.91 Å². The first-order valence-corrected chi connectivity index (χ1v) is 11.5. The molecule has 0 aromatic heterocycles. The van der Waals surface area contributed by atoms with Crippen molar-refractivity contribution < 1.29 is 9.59 Å². The molecule has 0 radical (unpaired) electrons. The van der Waals surface area contributed by atoms with Gasteiger partial charge in [-0.1, -0.05) is 87.2 Å². The lowest BCUT2D eigenvalue weighted by Crippen LogP contribution is -2.39. The largest absolute Gasteiger partial charge is 0.346 e. The van der Waals surface area contributed by atoms with E-state index in [0.717, 1.165) is 57.8 Å². The minimum absolute atomic E-state index is 0.0111. The molecule has 0 heterocycles. The number of carbonyl (C=O) groups excluding carboxylic acids is 2. The molecule has 30 heavy (non-hydrogen) atoms. The molecule has 0 aliphatic rings. The minimum atomic E-state index is -0.307. The lowest BCUT2D eigenvalue weighted by molar-refractivity contribution is -0.127. The number of Topliss-reactive ketones (excluding diaryl/α,β-unsaturated/α-hetero) is 1. The zero-order valence-electron chi connectivity index (χ0n) is 18.7. The molecule has 3 nitrogen and oxygen atoms in total. The molecule has 0 spiro atoms. The van der Waals surface area contributed by atoms with Crippen LogP contribution in [0.15, 0.2) is 54.6 Å². The molecule has 1 atom stereocenters. The molecular formula is C27H37NO2. The summed E-state index contributed by atoms with van der Waals surface area (Å²) in [6.07, 6.45) is 9.47. The van der Waals surface area contributed by atoms with Gasteiger partial charge in [-0.2, -0.15) is 0 Å². The molecule has 2 aromatic rings. The first-order valence-electron chi connectivity index (χ1n) is 11.5. The van der Waals surface area contributed by atoms with Crippen LogP contribution in [-0.4, -0.2) is 17.7 Å². The number of rotatable bonds is 14. The van der Waals surface area contributed by atoms with Crippen LogP contribution in [0.4, 0.5) is 0 Å². The number of nitrogens with one attached hydrogen (secondary N) is 1. The number of amides is 1. The van der Waals surface area contributed by atoms with Gasteiger partial charge in [0.1, 0.15) is 0 Å². The van der Waals surface area contributed by atoms with E-state index in [2.05, 4.69) is 60.8 Å². The summed E-state index contributed by atoms with van der Waals surface area (Å²) in [4.78, 5) is 23.9. The van der Waals surface area contributed by atoms with E-state index in [1.165, 1.54) is 16.7 Å². The molecule has 3 heteroatoms. The van der Waals surface area contributed by atoms with Gasteiger partial charge in [-0.25, -0.2) is 0 Å². The third-order valence-electron chi connectivity index (χ3n) is 5.57. The van der Waals surface area contributed by atoms with Crippen molar-refractivity contribution in [2.45, 2.75) is 84.1 Å². The maximum absolute atomic E-state index is 12.1. The van der Waals surface area contributed by atoms with Crippen molar-refractivity contribution in [2.24, 2.45) is 0 Å². The highest BCUT2D eigenvalue weighted by atomic mass is 16.2. The summed E-state index contributed by atoms with van der Waals surface area (Å²) >= 11 is 0. The van der Waals surface area contributed by atoms with Crippen LogP contribution in [-0.2, 0) is 22.4 Å². The number of aryl methyl sites for hydroxylation is 1. The van der Waals surface area contributed by atoms with Crippen molar-refractivity contribution in [1.82, 2.24) is 5.32 Å². The summed E-state index contributed by atoms with van der Waals surface area (Å²) < 4.78 is 0. The fraction of sp³-hybridized carbons (Fsp3) is 0.481. The average molecular weight is 408 g/mol. The molecule has 0 bridgehead atoms. The van der Waals surface area contributed by atoms with Crippen molar-refractivity contribution >= 4 is 11.7 Å². The van der Waals surface area contributed by atoms with E-state index >= 15 is 0 Å². The molecule has 162 valence electrons. The standard InChI is InChI=1S/C27H37NO2/c1-3-4-7-15-26(22(2)29)28-27(30)16-11-6-8-12-23-17-19-25(20-18-23)21-24-13-9-5-10-14-24/h5,9-10,13-14,17-20,26H,3-4,6-8,11-12,15-16,21H2,1-2H3,(H,28,30). The molecule has 0 saturated heterocycles. The zero-order valence-corrected chi connectivity index (χ0v) is 18.7. The lowest BCUT2D eigenvalue weighted by atomic mass is 10.0. The third-order valence-corrected chi connectivity index (χ3v) is 5.57. The van der Waals surface area contributed by atoms with Gasteiger partial charge in [0.15, 0.2) is 5.78 Å². The van der Waals surface area contributed by atoms with Crippen LogP contribution in [0.25, 0.3) is 0 Å². The molecule has 1 amide bonds. The Balaban J connectivity index is 1.62. The molecule has 1 N–H and O–H groups in total. The summed E-state index contributed by atoms with van der Waals surface area (Å²) in [7, 11) is 0. The average Bonchev–Trinajstić information content (AvgIpc) is 2.75. The van der Waals surface area contributed by atoms with Crippen LogP contribution in [0.2, 0.25) is 0 Å². The molecule has 1 unspecified atom stereocenters. The maximum Gasteiger partial charge on any atom is 0.220 e. The number of unbranched alkanes of at least 4 members (excludes halogenated alkanes) is 4. The van der Waals surface area contributed by atoms with Crippen molar-refractivity contribution in [3.8, 4) is 0 Å². The number of carbonyl (C=O) groups is 2. The summed E-state index contributed by atoms with van der Waals surface area (Å²) in [6.45, 7) is 3.71. The van der Waals surface area contributed by atoms with E-state index in [-0.39, 0.29) is 17.7 Å². The van der Waals surface area contributed by atoms with Crippen LogP contribution < -0.4 is 5.32 Å². The highest BCUT2D eigenvalue weighted by Crippen LogP contribution is 2.13. The summed E-state index contributed by atoms with van der Waals surface area (Å²) in [5.74, 6) is 0.0760. The lowest BCUT2D eigenvalue weighted by Gasteiger charge is -2.15. The number of ketones is 1. The van der Waals surface area contributed by atoms with Gasteiger partial charge in [-0.05, 0) is 55.7 Å². The molecule has 2 rings (SSSR count). The van der Waals surface area contributed by atoms with E-state index in [0.29, 0.717) is 6.42 Å². The van der Waals surface area contributed by atoms with Crippen LogP contribution in [0.3, 0.4) is 0 Å². The van der Waals surface area contributed by atoms with Crippen molar-refractivity contribution in [2.75, 3.05) is 0 Å². The fourth-order valence-electron chi connectivity index (χ4n) is 3.69. The number of benzene rings is 2. The van der Waals surface area contributed by atoms with Crippen molar-refractivity contribution in [3.05, 3.63) is 71.3 Å². The van der Waals surface area contributed by atoms with Gasteiger partial charge >= 0.3 is 0 Å². The van der Waals surface area contributed by atoms with Crippen LogP contribution in [0.1, 0.15) is 81.9 Å². The molecular weight excluding hydrogens is 370 g/mol. The van der Waals surface area contributed by atoms with E-state index in [4.69, 9.17) is 0 Å². The van der Waals surface area contributed by atoms with Crippen molar-refractivity contribution in [3.63, 3.8) is 0 Å². The fourth-order valence-corrected chi connectivity index (χ4v) is 3.69. The second-order valence-corrected chi connectivity index (χ2v) is 8.27. The minimum Gasteiger partial charge on any atom is -0.346 e. The molecule has 0 aliphatic carbocycles. The number of hydrogen-bond donors (Lipinski definition) is 1. The zero-order chi connectivity index (χ0) is 21.6. The molecule has 0 saturated carbocycles. The SMILES string of the molecule is CCCCCC(NC(=O)CCCCCc1ccc(Cc2ccccc2)cc1)C(C)=O. The smallest absolute Gasteiger partial charge is 0.220 e. The topological polar surface area (TPSA) is 46.2 Å². The molecule has 0 fully saturated rings. The molecule has 0 aliphatic heterocycles. The third kappa shape index (κ3) is 9.39.